The molecule has 0 saturated carbocycles. The standard InChI is InChI=1S/C20H20N2O6/c1-13-3-6-16(7-4-13)21-19(23)10-25-20(24)11-28-22-14(2)15-5-8-17-18(9-15)27-12-26-17/h3-9H,10-12H2,1-2H3,(H,21,23)/b22-14+. The Hall–Kier alpha value is -3.55. The minimum absolute atomic E-state index is 0.189. The van der Waals surface area contributed by atoms with E-state index in [-0.39, 0.29) is 6.79 Å². The number of esters is 1. The molecule has 0 atom stereocenters. The zero-order valence-electron chi connectivity index (χ0n) is 15.6. The van der Waals surface area contributed by atoms with Gasteiger partial charge < -0.3 is 24.4 Å². The third-order valence-electron chi connectivity index (χ3n) is 3.87. The van der Waals surface area contributed by atoms with Gasteiger partial charge in [0.05, 0.1) is 5.71 Å². The topological polar surface area (TPSA) is 95.5 Å². The minimum Gasteiger partial charge on any atom is -0.454 e. The van der Waals surface area contributed by atoms with Crippen LogP contribution in [0.3, 0.4) is 0 Å². The van der Waals surface area contributed by atoms with Gasteiger partial charge in [0.2, 0.25) is 13.4 Å². The third-order valence-corrected chi connectivity index (χ3v) is 3.87. The fraction of sp³-hybridized carbons (Fsp3) is 0.250. The fourth-order valence-electron chi connectivity index (χ4n) is 2.38. The molecule has 146 valence electrons. The molecule has 0 aliphatic carbocycles. The number of nitrogens with one attached hydrogen (secondary N) is 1. The number of hydrogen-bond acceptors (Lipinski definition) is 7. The molecule has 0 radical (unpaired) electrons. The summed E-state index contributed by atoms with van der Waals surface area (Å²) in [7, 11) is 0. The molecule has 0 saturated heterocycles. The smallest absolute Gasteiger partial charge is 0.347 e. The first-order valence-electron chi connectivity index (χ1n) is 8.60. The first-order valence-corrected chi connectivity index (χ1v) is 8.60. The third kappa shape index (κ3) is 5.23. The Morgan fingerprint density at radius 1 is 1.07 bits per heavy atom. The number of carbonyl (C=O) groups excluding carboxylic acids is 2. The molecule has 1 N–H and O–H groups in total. The van der Waals surface area contributed by atoms with E-state index in [1.165, 1.54) is 0 Å². The number of rotatable bonds is 7. The largest absolute Gasteiger partial charge is 0.454 e. The summed E-state index contributed by atoms with van der Waals surface area (Å²) in [6.07, 6.45) is 0. The van der Waals surface area contributed by atoms with Crippen LogP contribution in [0.2, 0.25) is 0 Å². The van der Waals surface area contributed by atoms with E-state index in [1.807, 2.05) is 25.1 Å². The van der Waals surface area contributed by atoms with Crippen LogP contribution in [0, 0.1) is 6.92 Å². The van der Waals surface area contributed by atoms with Crippen LogP contribution in [0.5, 0.6) is 11.5 Å². The Kier molecular flexibility index (Phi) is 6.11. The van der Waals surface area contributed by atoms with E-state index in [2.05, 4.69) is 10.5 Å². The summed E-state index contributed by atoms with van der Waals surface area (Å²) in [6, 6.07) is 12.6. The Labute approximate surface area is 162 Å². The van der Waals surface area contributed by atoms with E-state index >= 15 is 0 Å². The van der Waals surface area contributed by atoms with E-state index in [0.717, 1.165) is 11.1 Å². The zero-order valence-corrected chi connectivity index (χ0v) is 15.6. The molecule has 2 aromatic carbocycles. The number of aryl methyl sites for hydroxylation is 1. The molecule has 1 aliphatic rings. The van der Waals surface area contributed by atoms with Crippen LogP contribution in [0.1, 0.15) is 18.1 Å². The molecule has 1 amide bonds. The van der Waals surface area contributed by atoms with Crippen molar-refractivity contribution in [1.82, 2.24) is 0 Å². The lowest BCUT2D eigenvalue weighted by atomic mass is 10.1. The summed E-state index contributed by atoms with van der Waals surface area (Å²) in [6.45, 7) is 3.07. The van der Waals surface area contributed by atoms with E-state index in [9.17, 15) is 9.59 Å². The van der Waals surface area contributed by atoms with Crippen LogP contribution in [-0.2, 0) is 19.2 Å². The van der Waals surface area contributed by atoms with Gasteiger partial charge in [-0.05, 0) is 44.2 Å². The molecule has 0 bridgehead atoms. The molecule has 8 nitrogen and oxygen atoms in total. The van der Waals surface area contributed by atoms with Gasteiger partial charge in [0, 0.05) is 11.3 Å². The summed E-state index contributed by atoms with van der Waals surface area (Å²) in [5.41, 5.74) is 3.04. The maximum absolute atomic E-state index is 11.8. The van der Waals surface area contributed by atoms with Crippen LogP contribution in [0.4, 0.5) is 5.69 Å². The highest BCUT2D eigenvalue weighted by molar-refractivity contribution is 5.99. The number of oxime groups is 1. The number of fused-ring (bicyclic) bond motifs is 1. The summed E-state index contributed by atoms with van der Waals surface area (Å²) in [4.78, 5) is 28.5. The molecular formula is C20H20N2O6. The van der Waals surface area contributed by atoms with Crippen molar-refractivity contribution in [3.63, 3.8) is 0 Å². The van der Waals surface area contributed by atoms with E-state index in [1.54, 1.807) is 31.2 Å². The predicted octanol–water partition coefficient (Wildman–Crippen LogP) is 2.65. The second-order valence-electron chi connectivity index (χ2n) is 6.09. The number of hydrogen-bond donors (Lipinski definition) is 1. The number of ether oxygens (including phenoxy) is 3. The molecule has 0 unspecified atom stereocenters. The molecule has 1 heterocycles. The summed E-state index contributed by atoms with van der Waals surface area (Å²) >= 11 is 0. The minimum atomic E-state index is -0.693. The lowest BCUT2D eigenvalue weighted by Crippen LogP contribution is -2.22. The molecule has 0 spiro atoms. The van der Waals surface area contributed by atoms with Gasteiger partial charge in [0.1, 0.15) is 0 Å². The lowest BCUT2D eigenvalue weighted by Gasteiger charge is -2.07. The number of amides is 1. The van der Waals surface area contributed by atoms with Crippen molar-refractivity contribution in [2.24, 2.45) is 5.16 Å². The highest BCUT2D eigenvalue weighted by Gasteiger charge is 2.14. The number of benzene rings is 2. The lowest BCUT2D eigenvalue weighted by molar-refractivity contribution is -0.151. The van der Waals surface area contributed by atoms with Gasteiger partial charge in [-0.1, -0.05) is 22.9 Å². The SMILES string of the molecule is C/C(=N\OCC(=O)OCC(=O)Nc1ccc(C)cc1)c1ccc2c(c1)OCO2. The van der Waals surface area contributed by atoms with Crippen molar-refractivity contribution < 1.29 is 28.6 Å². The highest BCUT2D eigenvalue weighted by atomic mass is 16.7. The van der Waals surface area contributed by atoms with E-state index in [4.69, 9.17) is 19.0 Å². The molecule has 0 fully saturated rings. The first-order chi connectivity index (χ1) is 13.5. The molecular weight excluding hydrogens is 364 g/mol. The fourth-order valence-corrected chi connectivity index (χ4v) is 2.38. The first kappa shape index (κ1) is 19.2. The number of carbonyl (C=O) groups is 2. The monoisotopic (exact) mass is 384 g/mol. The second kappa shape index (κ2) is 8.90. The molecule has 28 heavy (non-hydrogen) atoms. The van der Waals surface area contributed by atoms with Gasteiger partial charge in [0.15, 0.2) is 18.1 Å². The summed E-state index contributed by atoms with van der Waals surface area (Å²) in [5.74, 6) is 0.176. The zero-order chi connectivity index (χ0) is 19.9. The van der Waals surface area contributed by atoms with Crippen molar-refractivity contribution in [2.75, 3.05) is 25.3 Å². The van der Waals surface area contributed by atoms with Crippen LogP contribution in [-0.4, -0.2) is 37.6 Å². The Morgan fingerprint density at radius 3 is 2.61 bits per heavy atom. The Bertz CT molecular complexity index is 892. The molecule has 8 heteroatoms. The van der Waals surface area contributed by atoms with Crippen molar-refractivity contribution in [1.29, 1.82) is 0 Å². The van der Waals surface area contributed by atoms with Crippen LogP contribution >= 0.6 is 0 Å². The molecule has 0 aromatic heterocycles. The Balaban J connectivity index is 1.40. The average Bonchev–Trinajstić information content (AvgIpc) is 3.16. The summed E-state index contributed by atoms with van der Waals surface area (Å²) < 4.78 is 15.4. The van der Waals surface area contributed by atoms with Crippen LogP contribution in [0.15, 0.2) is 47.6 Å². The maximum Gasteiger partial charge on any atom is 0.347 e. The Morgan fingerprint density at radius 2 is 1.82 bits per heavy atom. The van der Waals surface area contributed by atoms with Crippen molar-refractivity contribution in [2.45, 2.75) is 13.8 Å². The number of nitrogens with zero attached hydrogens (tertiary/aromatic N) is 1. The van der Waals surface area contributed by atoms with Crippen molar-refractivity contribution in [3.05, 3.63) is 53.6 Å². The molecule has 2 aromatic rings. The highest BCUT2D eigenvalue weighted by Crippen LogP contribution is 2.32. The van der Waals surface area contributed by atoms with Crippen molar-refractivity contribution in [3.8, 4) is 11.5 Å². The van der Waals surface area contributed by atoms with Gasteiger partial charge in [-0.25, -0.2) is 4.79 Å². The van der Waals surface area contributed by atoms with E-state index in [0.29, 0.717) is 22.9 Å². The predicted molar refractivity (Wildman–Crippen MR) is 101 cm³/mol. The summed E-state index contributed by atoms with van der Waals surface area (Å²) in [5, 5.41) is 6.52. The van der Waals surface area contributed by atoms with Crippen molar-refractivity contribution >= 4 is 23.3 Å². The number of anilines is 1. The van der Waals surface area contributed by atoms with Gasteiger partial charge in [0.25, 0.3) is 5.91 Å². The van der Waals surface area contributed by atoms with Gasteiger partial charge in [-0.3, -0.25) is 4.79 Å². The normalized spacial score (nSPS) is 12.4. The van der Waals surface area contributed by atoms with Crippen LogP contribution in [0.25, 0.3) is 0 Å². The van der Waals surface area contributed by atoms with Gasteiger partial charge in [-0.2, -0.15) is 0 Å². The van der Waals surface area contributed by atoms with E-state index < -0.39 is 25.1 Å². The maximum atomic E-state index is 11.8. The quantitative estimate of drug-likeness (QED) is 0.448. The van der Waals surface area contributed by atoms with Gasteiger partial charge in [-0.15, -0.1) is 0 Å². The van der Waals surface area contributed by atoms with Gasteiger partial charge >= 0.3 is 5.97 Å². The average molecular weight is 384 g/mol. The molecule has 3 rings (SSSR count). The second-order valence-corrected chi connectivity index (χ2v) is 6.09. The molecule has 1 aliphatic heterocycles. The van der Waals surface area contributed by atoms with Crippen LogP contribution < -0.4 is 14.8 Å².